The molecule has 3 fully saturated rings. The van der Waals surface area contributed by atoms with Gasteiger partial charge in [0.15, 0.2) is 0 Å². The van der Waals surface area contributed by atoms with Crippen molar-refractivity contribution in [1.29, 1.82) is 0 Å². The van der Waals surface area contributed by atoms with Crippen molar-refractivity contribution < 1.29 is 29.0 Å². The van der Waals surface area contributed by atoms with Crippen LogP contribution in [0.1, 0.15) is 48.0 Å². The Kier molecular flexibility index (Phi) is 8.71. The van der Waals surface area contributed by atoms with Crippen molar-refractivity contribution in [2.75, 3.05) is 31.2 Å². The lowest BCUT2D eigenvalue weighted by atomic mass is 9.62. The molecule has 1 spiro atoms. The van der Waals surface area contributed by atoms with Gasteiger partial charge in [0.1, 0.15) is 17.4 Å². The van der Waals surface area contributed by atoms with Gasteiger partial charge in [-0.1, -0.05) is 19.1 Å². The third-order valence-corrected chi connectivity index (χ3v) is 9.26. The van der Waals surface area contributed by atoms with Crippen molar-refractivity contribution in [3.8, 4) is 5.75 Å². The van der Waals surface area contributed by atoms with Crippen LogP contribution in [0.3, 0.4) is 0 Å². The zero-order valence-corrected chi connectivity index (χ0v) is 25.2. The molecule has 7 atom stereocenters. The van der Waals surface area contributed by atoms with E-state index < -0.39 is 35.1 Å². The highest BCUT2D eigenvalue weighted by Crippen LogP contribution is 2.66. The molecule has 3 saturated heterocycles. The third-order valence-electron chi connectivity index (χ3n) is 9.26. The molecule has 1 aromatic carbocycles. The number of carbonyl (C=O) groups is 3. The van der Waals surface area contributed by atoms with Crippen LogP contribution in [-0.4, -0.2) is 88.3 Å². The number of rotatable bonds is 12. The van der Waals surface area contributed by atoms with E-state index in [0.29, 0.717) is 31.0 Å². The molecule has 0 radical (unpaired) electrons. The van der Waals surface area contributed by atoms with E-state index >= 15 is 0 Å². The topological polar surface area (TPSA) is 99.6 Å². The zero-order chi connectivity index (χ0) is 30.3. The fourth-order valence-corrected chi connectivity index (χ4v) is 7.25. The molecule has 3 amide bonds. The average molecular weight is 568 g/mol. The number of benzene rings is 1. The van der Waals surface area contributed by atoms with Crippen molar-refractivity contribution in [2.45, 2.75) is 77.3 Å². The largest absolute Gasteiger partial charge is 0.494 e. The van der Waals surface area contributed by atoms with Gasteiger partial charge in [0, 0.05) is 24.8 Å². The van der Waals surface area contributed by atoms with Crippen LogP contribution < -0.4 is 9.64 Å². The zero-order valence-electron chi connectivity index (χ0n) is 25.2. The molecule has 9 heteroatoms. The number of nitrogens with zero attached hydrogens (tertiary/aromatic N) is 3. The summed E-state index contributed by atoms with van der Waals surface area (Å²) in [4.78, 5) is 48.1. The van der Waals surface area contributed by atoms with Crippen molar-refractivity contribution in [2.24, 2.45) is 17.8 Å². The number of carbonyl (C=O) groups excluding carboxylic acids is 3. The smallest absolute Gasteiger partial charge is 0.248 e. The van der Waals surface area contributed by atoms with Crippen molar-refractivity contribution in [3.05, 3.63) is 49.6 Å². The van der Waals surface area contributed by atoms with Crippen LogP contribution in [0.4, 0.5) is 5.69 Å². The SMILES string of the molecule is C=CCN(C(=O)[C@H]1[C@H]2C(=O)N([C@H](C)CO)C(C(=O)N(CC=C)C(C)C)C23CC(C)[C@]1(C)O3)c1ccc(OCC)cc1. The van der Waals surface area contributed by atoms with E-state index in [9.17, 15) is 19.5 Å². The maximum Gasteiger partial charge on any atom is 0.248 e. The lowest BCUT2D eigenvalue weighted by Crippen LogP contribution is -2.59. The monoisotopic (exact) mass is 567 g/mol. The van der Waals surface area contributed by atoms with E-state index in [1.54, 1.807) is 28.9 Å². The maximum atomic E-state index is 14.6. The summed E-state index contributed by atoms with van der Waals surface area (Å²) < 4.78 is 12.4. The van der Waals surface area contributed by atoms with Gasteiger partial charge in [-0.15, -0.1) is 13.2 Å². The number of fused-ring (bicyclic) bond motifs is 1. The molecule has 4 rings (SSSR count). The molecule has 0 saturated carbocycles. The summed E-state index contributed by atoms with van der Waals surface area (Å²) in [5, 5.41) is 10.2. The number of aliphatic hydroxyl groups excluding tert-OH is 1. The maximum absolute atomic E-state index is 14.6. The minimum atomic E-state index is -1.20. The van der Waals surface area contributed by atoms with Gasteiger partial charge in [-0.3, -0.25) is 14.4 Å². The van der Waals surface area contributed by atoms with Gasteiger partial charge in [0.25, 0.3) is 0 Å². The molecule has 3 heterocycles. The highest BCUT2D eigenvalue weighted by atomic mass is 16.5. The van der Waals surface area contributed by atoms with E-state index in [0.717, 1.165) is 0 Å². The molecule has 2 bridgehead atoms. The molecule has 9 nitrogen and oxygen atoms in total. The minimum Gasteiger partial charge on any atom is -0.494 e. The van der Waals surface area contributed by atoms with Crippen LogP contribution in [0.5, 0.6) is 5.75 Å². The fraction of sp³-hybridized carbons (Fsp3) is 0.594. The van der Waals surface area contributed by atoms with Crippen molar-refractivity contribution in [1.82, 2.24) is 9.80 Å². The third kappa shape index (κ3) is 4.77. The Bertz CT molecular complexity index is 1180. The molecule has 224 valence electrons. The lowest BCUT2D eigenvalue weighted by molar-refractivity contribution is -0.156. The first kappa shape index (κ1) is 30.8. The summed E-state index contributed by atoms with van der Waals surface area (Å²) in [6.07, 6.45) is 3.78. The fourth-order valence-electron chi connectivity index (χ4n) is 7.25. The standard InChI is InChI=1S/C32H45N3O6/c1-9-16-33(20(4)5)30(39)27-32-18-21(6)31(8,41-32)25(26(32)29(38)35(27)22(7)19-36)28(37)34(17-10-2)23-12-14-24(15-13-23)40-11-3/h9-10,12-15,20-22,25-27,36H,1-2,11,16-19H2,3-8H3/t21?,22-,25-,26+,27?,31+,32?/m1/s1. The number of anilines is 1. The molecule has 41 heavy (non-hydrogen) atoms. The number of amides is 3. The van der Waals surface area contributed by atoms with Crippen LogP contribution in [0, 0.1) is 17.8 Å². The Morgan fingerprint density at radius 2 is 1.80 bits per heavy atom. The molecule has 3 unspecified atom stereocenters. The highest BCUT2D eigenvalue weighted by Gasteiger charge is 2.80. The summed E-state index contributed by atoms with van der Waals surface area (Å²) >= 11 is 0. The lowest BCUT2D eigenvalue weighted by Gasteiger charge is -2.40. The molecular formula is C32H45N3O6. The van der Waals surface area contributed by atoms with Gasteiger partial charge in [-0.05, 0) is 71.2 Å². The van der Waals surface area contributed by atoms with Gasteiger partial charge < -0.3 is 29.3 Å². The second kappa shape index (κ2) is 11.6. The summed E-state index contributed by atoms with van der Waals surface area (Å²) in [6, 6.07) is 5.51. The van der Waals surface area contributed by atoms with Crippen LogP contribution >= 0.6 is 0 Å². The molecule has 3 aliphatic heterocycles. The first-order valence-electron chi connectivity index (χ1n) is 14.6. The van der Waals surface area contributed by atoms with Crippen molar-refractivity contribution >= 4 is 23.4 Å². The van der Waals surface area contributed by atoms with Gasteiger partial charge in [0.05, 0.1) is 36.7 Å². The predicted molar refractivity (Wildman–Crippen MR) is 157 cm³/mol. The second-order valence-electron chi connectivity index (χ2n) is 12.0. The molecule has 0 aliphatic carbocycles. The summed E-state index contributed by atoms with van der Waals surface area (Å²) in [5.41, 5.74) is -1.50. The first-order chi connectivity index (χ1) is 19.4. The molecule has 1 aromatic rings. The van der Waals surface area contributed by atoms with Crippen molar-refractivity contribution in [3.63, 3.8) is 0 Å². The van der Waals surface area contributed by atoms with Crippen LogP contribution in [0.15, 0.2) is 49.6 Å². The average Bonchev–Trinajstić information content (AvgIpc) is 3.46. The number of hydrogen-bond donors (Lipinski definition) is 1. The van der Waals surface area contributed by atoms with E-state index in [1.165, 1.54) is 4.90 Å². The minimum absolute atomic E-state index is 0.0991. The Morgan fingerprint density at radius 1 is 1.17 bits per heavy atom. The van der Waals surface area contributed by atoms with Gasteiger partial charge in [-0.2, -0.15) is 0 Å². The highest BCUT2D eigenvalue weighted by molar-refractivity contribution is 6.03. The quantitative estimate of drug-likeness (QED) is 0.389. The Labute approximate surface area is 243 Å². The normalized spacial score (nSPS) is 30.7. The second-order valence-corrected chi connectivity index (χ2v) is 12.0. The number of likely N-dealkylation sites (tertiary alicyclic amines) is 1. The Hall–Kier alpha value is -3.17. The number of hydrogen-bond acceptors (Lipinski definition) is 6. The van der Waals surface area contributed by atoms with Crippen LogP contribution in [0.2, 0.25) is 0 Å². The summed E-state index contributed by atoms with van der Waals surface area (Å²) in [7, 11) is 0. The van der Waals surface area contributed by atoms with Gasteiger partial charge in [-0.25, -0.2) is 0 Å². The number of aliphatic hydroxyl groups is 1. The predicted octanol–water partition coefficient (Wildman–Crippen LogP) is 3.42. The van der Waals surface area contributed by atoms with E-state index in [1.807, 2.05) is 58.9 Å². The molecule has 0 aromatic heterocycles. The van der Waals surface area contributed by atoms with E-state index in [4.69, 9.17) is 9.47 Å². The van der Waals surface area contributed by atoms with E-state index in [2.05, 4.69) is 13.2 Å². The van der Waals surface area contributed by atoms with Gasteiger partial charge in [0.2, 0.25) is 17.7 Å². The number of ether oxygens (including phenoxy) is 2. The molecule has 1 N–H and O–H groups in total. The van der Waals surface area contributed by atoms with Crippen LogP contribution in [0.25, 0.3) is 0 Å². The summed E-state index contributed by atoms with van der Waals surface area (Å²) in [5.74, 6) is -1.94. The van der Waals surface area contributed by atoms with Gasteiger partial charge >= 0.3 is 0 Å². The van der Waals surface area contributed by atoms with E-state index in [-0.39, 0.29) is 42.8 Å². The van der Waals surface area contributed by atoms with Crippen LogP contribution in [-0.2, 0) is 19.1 Å². The Morgan fingerprint density at radius 3 is 2.34 bits per heavy atom. The molecule has 3 aliphatic rings. The molecular weight excluding hydrogens is 522 g/mol. The first-order valence-corrected chi connectivity index (χ1v) is 14.6. The Balaban J connectivity index is 1.82. The summed E-state index contributed by atoms with van der Waals surface area (Å²) in [6.45, 7) is 19.8.